The molecule has 0 heteroatoms. The SMILES string of the molecule is Cc1ccc(CC(C)(C)C)cc1. The number of hydrogen-bond donors (Lipinski definition) is 0. The smallest absolute Gasteiger partial charge is 0.0230 e. The van der Waals surface area contributed by atoms with Crippen molar-refractivity contribution in [2.24, 2.45) is 5.41 Å². The molecular formula is C12H18. The molecule has 0 aromatic heterocycles. The first-order chi connectivity index (χ1) is 5.47. The Hall–Kier alpha value is -0.780. The van der Waals surface area contributed by atoms with Gasteiger partial charge in [-0.2, -0.15) is 0 Å². The molecule has 1 rings (SSSR count). The van der Waals surface area contributed by atoms with Crippen LogP contribution in [0.15, 0.2) is 24.3 Å². The van der Waals surface area contributed by atoms with Gasteiger partial charge in [0.25, 0.3) is 0 Å². The summed E-state index contributed by atoms with van der Waals surface area (Å²) in [4.78, 5) is 0. The Kier molecular flexibility index (Phi) is 2.56. The summed E-state index contributed by atoms with van der Waals surface area (Å²) in [5, 5.41) is 0. The fraction of sp³-hybridized carbons (Fsp3) is 0.500. The van der Waals surface area contributed by atoms with Crippen molar-refractivity contribution in [3.05, 3.63) is 35.4 Å². The Balaban J connectivity index is 2.71. The molecule has 66 valence electrons. The molecule has 0 N–H and O–H groups in total. The molecule has 0 saturated carbocycles. The van der Waals surface area contributed by atoms with Crippen molar-refractivity contribution < 1.29 is 0 Å². The minimum absolute atomic E-state index is 0.398. The third kappa shape index (κ3) is 3.08. The normalized spacial score (nSPS) is 11.7. The monoisotopic (exact) mass is 162 g/mol. The molecule has 0 aliphatic carbocycles. The largest absolute Gasteiger partial charge is 0.0599 e. The van der Waals surface area contributed by atoms with Gasteiger partial charge in [0.1, 0.15) is 0 Å². The maximum atomic E-state index is 2.27. The van der Waals surface area contributed by atoms with Gasteiger partial charge >= 0.3 is 0 Å². The summed E-state index contributed by atoms with van der Waals surface area (Å²) in [5.41, 5.74) is 3.18. The molecule has 0 unspecified atom stereocenters. The standard InChI is InChI=1S/C12H18/c1-10-5-7-11(8-6-10)9-12(2,3)4/h5-8H,9H2,1-4H3. The van der Waals surface area contributed by atoms with Crippen LogP contribution in [0.1, 0.15) is 31.9 Å². The molecule has 0 radical (unpaired) electrons. The fourth-order valence-electron chi connectivity index (χ4n) is 1.32. The van der Waals surface area contributed by atoms with Gasteiger partial charge in [-0.3, -0.25) is 0 Å². The summed E-state index contributed by atoms with van der Waals surface area (Å²) >= 11 is 0. The van der Waals surface area contributed by atoms with E-state index in [-0.39, 0.29) is 0 Å². The highest BCUT2D eigenvalue weighted by atomic mass is 14.1. The third-order valence-electron chi connectivity index (χ3n) is 1.86. The topological polar surface area (TPSA) is 0 Å². The Morgan fingerprint density at radius 3 is 1.92 bits per heavy atom. The maximum Gasteiger partial charge on any atom is -0.0230 e. The molecule has 0 saturated heterocycles. The summed E-state index contributed by atoms with van der Waals surface area (Å²) in [6, 6.07) is 8.81. The summed E-state index contributed by atoms with van der Waals surface area (Å²) in [5.74, 6) is 0. The molecule has 0 amide bonds. The Morgan fingerprint density at radius 2 is 1.50 bits per heavy atom. The molecule has 0 nitrogen and oxygen atoms in total. The molecule has 1 aromatic carbocycles. The van der Waals surface area contributed by atoms with E-state index in [4.69, 9.17) is 0 Å². The second-order valence-electron chi connectivity index (χ2n) is 4.72. The van der Waals surface area contributed by atoms with E-state index in [0.29, 0.717) is 5.41 Å². The summed E-state index contributed by atoms with van der Waals surface area (Å²) < 4.78 is 0. The van der Waals surface area contributed by atoms with Crippen molar-refractivity contribution in [1.29, 1.82) is 0 Å². The van der Waals surface area contributed by atoms with E-state index >= 15 is 0 Å². The van der Waals surface area contributed by atoms with Crippen LogP contribution in [0.25, 0.3) is 0 Å². The van der Waals surface area contributed by atoms with Gasteiger partial charge in [0.05, 0.1) is 0 Å². The number of rotatable bonds is 1. The van der Waals surface area contributed by atoms with Gasteiger partial charge in [-0.25, -0.2) is 0 Å². The summed E-state index contributed by atoms with van der Waals surface area (Å²) in [7, 11) is 0. The highest BCUT2D eigenvalue weighted by molar-refractivity contribution is 5.21. The fourth-order valence-corrected chi connectivity index (χ4v) is 1.32. The van der Waals surface area contributed by atoms with Crippen LogP contribution in [0.2, 0.25) is 0 Å². The molecule has 12 heavy (non-hydrogen) atoms. The number of benzene rings is 1. The van der Waals surface area contributed by atoms with Gasteiger partial charge in [0.15, 0.2) is 0 Å². The van der Waals surface area contributed by atoms with Gasteiger partial charge in [-0.15, -0.1) is 0 Å². The van der Waals surface area contributed by atoms with Gasteiger partial charge in [0.2, 0.25) is 0 Å². The molecule has 0 bridgehead atoms. The average molecular weight is 162 g/mol. The lowest BCUT2D eigenvalue weighted by atomic mass is 9.88. The lowest BCUT2D eigenvalue weighted by Gasteiger charge is -2.17. The summed E-state index contributed by atoms with van der Waals surface area (Å²) in [6.07, 6.45) is 1.16. The lowest BCUT2D eigenvalue weighted by Crippen LogP contribution is -2.08. The van der Waals surface area contributed by atoms with Gasteiger partial charge in [0, 0.05) is 0 Å². The second kappa shape index (κ2) is 3.30. The van der Waals surface area contributed by atoms with E-state index in [2.05, 4.69) is 52.0 Å². The van der Waals surface area contributed by atoms with Crippen molar-refractivity contribution in [3.8, 4) is 0 Å². The van der Waals surface area contributed by atoms with E-state index in [1.165, 1.54) is 11.1 Å². The van der Waals surface area contributed by atoms with Gasteiger partial charge in [-0.1, -0.05) is 50.6 Å². The number of hydrogen-bond acceptors (Lipinski definition) is 0. The third-order valence-corrected chi connectivity index (χ3v) is 1.86. The zero-order valence-corrected chi connectivity index (χ0v) is 8.52. The first kappa shape index (κ1) is 9.31. The second-order valence-corrected chi connectivity index (χ2v) is 4.72. The van der Waals surface area contributed by atoms with Crippen LogP contribution in [0.5, 0.6) is 0 Å². The average Bonchev–Trinajstić information content (AvgIpc) is 1.91. The van der Waals surface area contributed by atoms with Crippen molar-refractivity contribution in [1.82, 2.24) is 0 Å². The lowest BCUT2D eigenvalue weighted by molar-refractivity contribution is 0.411. The predicted molar refractivity (Wildman–Crippen MR) is 54.3 cm³/mol. The van der Waals surface area contributed by atoms with Crippen molar-refractivity contribution >= 4 is 0 Å². The van der Waals surface area contributed by atoms with Crippen LogP contribution in [-0.2, 0) is 6.42 Å². The van der Waals surface area contributed by atoms with Crippen LogP contribution in [0, 0.1) is 12.3 Å². The van der Waals surface area contributed by atoms with Crippen molar-refractivity contribution in [3.63, 3.8) is 0 Å². The van der Waals surface area contributed by atoms with Gasteiger partial charge < -0.3 is 0 Å². The van der Waals surface area contributed by atoms with E-state index in [0.717, 1.165) is 6.42 Å². The zero-order valence-electron chi connectivity index (χ0n) is 8.52. The van der Waals surface area contributed by atoms with Crippen LogP contribution >= 0.6 is 0 Å². The highest BCUT2D eigenvalue weighted by Crippen LogP contribution is 2.20. The zero-order chi connectivity index (χ0) is 9.19. The minimum Gasteiger partial charge on any atom is -0.0599 e. The van der Waals surface area contributed by atoms with Gasteiger partial charge in [-0.05, 0) is 24.3 Å². The quantitative estimate of drug-likeness (QED) is 0.592. The van der Waals surface area contributed by atoms with Crippen LogP contribution in [-0.4, -0.2) is 0 Å². The first-order valence-electron chi connectivity index (χ1n) is 4.53. The highest BCUT2D eigenvalue weighted by Gasteiger charge is 2.10. The van der Waals surface area contributed by atoms with Crippen LogP contribution in [0.3, 0.4) is 0 Å². The number of aryl methyl sites for hydroxylation is 1. The predicted octanol–water partition coefficient (Wildman–Crippen LogP) is 3.58. The van der Waals surface area contributed by atoms with E-state index < -0.39 is 0 Å². The molecule has 0 fully saturated rings. The molecule has 1 aromatic rings. The van der Waals surface area contributed by atoms with E-state index in [1.54, 1.807) is 0 Å². The van der Waals surface area contributed by atoms with Crippen LogP contribution in [0.4, 0.5) is 0 Å². The van der Waals surface area contributed by atoms with E-state index in [1.807, 2.05) is 0 Å². The Morgan fingerprint density at radius 1 is 1.00 bits per heavy atom. The first-order valence-corrected chi connectivity index (χ1v) is 4.53. The summed E-state index contributed by atoms with van der Waals surface area (Å²) in [6.45, 7) is 8.94. The molecular weight excluding hydrogens is 144 g/mol. The molecule has 0 spiro atoms. The molecule has 0 heterocycles. The maximum absolute atomic E-state index is 2.27. The molecule has 0 aliphatic heterocycles. The minimum atomic E-state index is 0.398. The van der Waals surface area contributed by atoms with Crippen molar-refractivity contribution in [2.75, 3.05) is 0 Å². The Labute approximate surface area is 75.6 Å². The molecule has 0 aliphatic rings. The molecule has 0 atom stereocenters. The van der Waals surface area contributed by atoms with Crippen LogP contribution < -0.4 is 0 Å². The Bertz CT molecular complexity index is 236. The van der Waals surface area contributed by atoms with E-state index in [9.17, 15) is 0 Å². The van der Waals surface area contributed by atoms with Crippen molar-refractivity contribution in [2.45, 2.75) is 34.1 Å².